The summed E-state index contributed by atoms with van der Waals surface area (Å²) in [7, 11) is 0. The Kier molecular flexibility index (Phi) is 5.67. The number of hydrogen-bond acceptors (Lipinski definition) is 3. The Morgan fingerprint density at radius 3 is 2.24 bits per heavy atom. The molecular weight excluding hydrogens is 268 g/mol. The number of nitrogens with one attached hydrogen (secondary N) is 2. The van der Waals surface area contributed by atoms with Crippen molar-refractivity contribution >= 4 is 23.6 Å². The van der Waals surface area contributed by atoms with Gasteiger partial charge in [0, 0.05) is 17.8 Å². The number of benzene rings is 1. The molecule has 0 radical (unpaired) electrons. The van der Waals surface area contributed by atoms with Crippen LogP contribution in [0.2, 0.25) is 0 Å². The number of amides is 1. The Bertz CT molecular complexity index is 531. The first kappa shape index (κ1) is 16.9. The monoisotopic (exact) mass is 290 g/mol. The van der Waals surface area contributed by atoms with Crippen LogP contribution in [0.1, 0.15) is 33.3 Å². The minimum absolute atomic E-state index is 0.120. The van der Waals surface area contributed by atoms with Gasteiger partial charge in [0.05, 0.1) is 5.54 Å². The van der Waals surface area contributed by atoms with Crippen molar-refractivity contribution in [1.82, 2.24) is 5.32 Å². The number of carbonyl (C=O) groups excluding carboxylic acids is 1. The van der Waals surface area contributed by atoms with Crippen molar-refractivity contribution in [2.45, 2.75) is 39.3 Å². The summed E-state index contributed by atoms with van der Waals surface area (Å²) in [5, 5.41) is 14.6. The van der Waals surface area contributed by atoms with Gasteiger partial charge in [0.2, 0.25) is 5.91 Å². The fourth-order valence-electron chi connectivity index (χ4n) is 1.92. The number of carbonyl (C=O) groups is 2. The number of hydrogen-bond donors (Lipinski definition) is 3. The number of carboxylic acids is 1. The van der Waals surface area contributed by atoms with Crippen molar-refractivity contribution in [2.24, 2.45) is 0 Å². The highest BCUT2D eigenvalue weighted by Gasteiger charge is 2.27. The van der Waals surface area contributed by atoms with Crippen LogP contribution in [-0.2, 0) is 9.59 Å². The van der Waals surface area contributed by atoms with Gasteiger partial charge in [-0.25, -0.2) is 4.79 Å². The van der Waals surface area contributed by atoms with Crippen LogP contribution in [0.3, 0.4) is 0 Å². The van der Waals surface area contributed by atoms with E-state index in [0.29, 0.717) is 5.69 Å². The third-order valence-corrected chi connectivity index (χ3v) is 2.80. The second-order valence-electron chi connectivity index (χ2n) is 5.67. The van der Waals surface area contributed by atoms with Crippen molar-refractivity contribution < 1.29 is 14.7 Å². The molecule has 1 aromatic rings. The molecule has 0 saturated carbocycles. The molecule has 0 spiro atoms. The van der Waals surface area contributed by atoms with Crippen LogP contribution in [-0.4, -0.2) is 28.6 Å². The van der Waals surface area contributed by atoms with Crippen molar-refractivity contribution in [1.29, 1.82) is 0 Å². The highest BCUT2D eigenvalue weighted by atomic mass is 16.4. The summed E-state index contributed by atoms with van der Waals surface area (Å²) in [5.41, 5.74) is 0.761. The van der Waals surface area contributed by atoms with E-state index in [0.717, 1.165) is 11.6 Å². The van der Waals surface area contributed by atoms with Gasteiger partial charge in [0.15, 0.2) is 0 Å². The standard InChI is InChI=1S/C16H22N2O3/c1-11(2)18-16(3,4)15(21)17-13-8-5-12(6-9-13)7-10-14(19)20/h5-11,18H,1-4H3,(H,17,21)(H,19,20)/b10-7+. The Morgan fingerprint density at radius 2 is 1.76 bits per heavy atom. The first-order valence-corrected chi connectivity index (χ1v) is 6.81. The van der Waals surface area contributed by atoms with Crippen LogP contribution in [0, 0.1) is 0 Å². The smallest absolute Gasteiger partial charge is 0.328 e. The molecule has 5 heteroatoms. The maximum absolute atomic E-state index is 12.2. The summed E-state index contributed by atoms with van der Waals surface area (Å²) in [5.74, 6) is -1.11. The van der Waals surface area contributed by atoms with E-state index < -0.39 is 11.5 Å². The first-order valence-electron chi connectivity index (χ1n) is 6.81. The molecule has 0 fully saturated rings. The zero-order valence-electron chi connectivity index (χ0n) is 12.8. The minimum atomic E-state index is -0.992. The second-order valence-corrected chi connectivity index (χ2v) is 5.67. The maximum Gasteiger partial charge on any atom is 0.328 e. The van der Waals surface area contributed by atoms with E-state index in [1.165, 1.54) is 6.08 Å². The summed E-state index contributed by atoms with van der Waals surface area (Å²) in [6, 6.07) is 7.18. The average molecular weight is 290 g/mol. The SMILES string of the molecule is CC(C)NC(C)(C)C(=O)Nc1ccc(/C=C/C(=O)O)cc1. The summed E-state index contributed by atoms with van der Waals surface area (Å²) >= 11 is 0. The fourth-order valence-corrected chi connectivity index (χ4v) is 1.92. The molecule has 0 heterocycles. The largest absolute Gasteiger partial charge is 0.478 e. The van der Waals surface area contributed by atoms with Gasteiger partial charge in [-0.1, -0.05) is 12.1 Å². The number of rotatable bonds is 6. The van der Waals surface area contributed by atoms with Crippen molar-refractivity contribution in [3.63, 3.8) is 0 Å². The van der Waals surface area contributed by atoms with E-state index in [9.17, 15) is 9.59 Å². The molecule has 0 aromatic heterocycles. The third-order valence-electron chi connectivity index (χ3n) is 2.80. The zero-order chi connectivity index (χ0) is 16.0. The van der Waals surface area contributed by atoms with E-state index in [-0.39, 0.29) is 11.9 Å². The lowest BCUT2D eigenvalue weighted by atomic mass is 10.0. The average Bonchev–Trinajstić information content (AvgIpc) is 2.36. The summed E-state index contributed by atoms with van der Waals surface area (Å²) in [6.07, 6.45) is 2.57. The van der Waals surface area contributed by atoms with Crippen LogP contribution >= 0.6 is 0 Å². The molecule has 0 aliphatic heterocycles. The van der Waals surface area contributed by atoms with E-state index in [4.69, 9.17) is 5.11 Å². The molecule has 0 atom stereocenters. The van der Waals surface area contributed by atoms with E-state index >= 15 is 0 Å². The lowest BCUT2D eigenvalue weighted by Crippen LogP contribution is -2.52. The molecule has 21 heavy (non-hydrogen) atoms. The van der Waals surface area contributed by atoms with Crippen LogP contribution < -0.4 is 10.6 Å². The molecular formula is C16H22N2O3. The molecule has 0 unspecified atom stereocenters. The van der Waals surface area contributed by atoms with E-state index in [1.54, 1.807) is 24.3 Å². The predicted molar refractivity (Wildman–Crippen MR) is 84.1 cm³/mol. The van der Waals surface area contributed by atoms with Crippen LogP contribution in [0.4, 0.5) is 5.69 Å². The number of carboxylic acid groups (broad SMARTS) is 1. The quantitative estimate of drug-likeness (QED) is 0.703. The van der Waals surface area contributed by atoms with Crippen molar-refractivity contribution in [2.75, 3.05) is 5.32 Å². The Hall–Kier alpha value is -2.14. The fraction of sp³-hybridized carbons (Fsp3) is 0.375. The predicted octanol–water partition coefficient (Wildman–Crippen LogP) is 2.50. The van der Waals surface area contributed by atoms with Gasteiger partial charge in [-0.3, -0.25) is 4.79 Å². The molecule has 1 amide bonds. The molecule has 0 aliphatic carbocycles. The van der Waals surface area contributed by atoms with Gasteiger partial charge < -0.3 is 15.7 Å². The lowest BCUT2D eigenvalue weighted by Gasteiger charge is -2.27. The zero-order valence-corrected chi connectivity index (χ0v) is 12.8. The highest BCUT2D eigenvalue weighted by Crippen LogP contribution is 2.14. The topological polar surface area (TPSA) is 78.4 Å². The number of anilines is 1. The molecule has 5 nitrogen and oxygen atoms in total. The van der Waals surface area contributed by atoms with Crippen molar-refractivity contribution in [3.05, 3.63) is 35.9 Å². The molecule has 0 bridgehead atoms. The normalized spacial score (nSPS) is 11.9. The molecule has 3 N–H and O–H groups in total. The summed E-state index contributed by atoms with van der Waals surface area (Å²) in [4.78, 5) is 22.6. The molecule has 0 aliphatic rings. The number of aliphatic carboxylic acids is 1. The Balaban J connectivity index is 2.71. The van der Waals surface area contributed by atoms with Gasteiger partial charge >= 0.3 is 5.97 Å². The Morgan fingerprint density at radius 1 is 1.19 bits per heavy atom. The van der Waals surface area contributed by atoms with Gasteiger partial charge in [-0.05, 0) is 51.5 Å². The summed E-state index contributed by atoms with van der Waals surface area (Å²) < 4.78 is 0. The lowest BCUT2D eigenvalue weighted by molar-refractivity contribution is -0.131. The molecule has 114 valence electrons. The van der Waals surface area contributed by atoms with E-state index in [2.05, 4.69) is 10.6 Å². The van der Waals surface area contributed by atoms with Gasteiger partial charge in [-0.15, -0.1) is 0 Å². The van der Waals surface area contributed by atoms with Crippen molar-refractivity contribution in [3.8, 4) is 0 Å². The first-order chi connectivity index (χ1) is 9.70. The molecule has 1 aromatic carbocycles. The van der Waals surface area contributed by atoms with Crippen LogP contribution in [0.5, 0.6) is 0 Å². The van der Waals surface area contributed by atoms with Crippen LogP contribution in [0.25, 0.3) is 6.08 Å². The second kappa shape index (κ2) is 7.04. The minimum Gasteiger partial charge on any atom is -0.478 e. The van der Waals surface area contributed by atoms with Crippen LogP contribution in [0.15, 0.2) is 30.3 Å². The molecule has 1 rings (SSSR count). The highest BCUT2D eigenvalue weighted by molar-refractivity contribution is 5.97. The summed E-state index contributed by atoms with van der Waals surface area (Å²) in [6.45, 7) is 7.62. The van der Waals surface area contributed by atoms with Gasteiger partial charge in [-0.2, -0.15) is 0 Å². The van der Waals surface area contributed by atoms with E-state index in [1.807, 2.05) is 27.7 Å². The maximum atomic E-state index is 12.2. The third kappa shape index (κ3) is 5.79. The Labute approximate surface area is 125 Å². The molecule has 0 saturated heterocycles. The van der Waals surface area contributed by atoms with Gasteiger partial charge in [0.1, 0.15) is 0 Å². The van der Waals surface area contributed by atoms with Gasteiger partial charge in [0.25, 0.3) is 0 Å².